The van der Waals surface area contributed by atoms with Crippen molar-refractivity contribution in [1.82, 2.24) is 0 Å². The van der Waals surface area contributed by atoms with Crippen molar-refractivity contribution in [3.05, 3.63) is 0 Å². The van der Waals surface area contributed by atoms with E-state index in [2.05, 4.69) is 4.18 Å². The Labute approximate surface area is 84.0 Å². The smallest absolute Gasteiger partial charge is 0.328 e. The van der Waals surface area contributed by atoms with Gasteiger partial charge in [0.1, 0.15) is 6.54 Å². The molecule has 84 valence electrons. The Morgan fingerprint density at radius 2 is 1.86 bits per heavy atom. The van der Waals surface area contributed by atoms with Gasteiger partial charge in [0.25, 0.3) is 0 Å². The number of hydrogen-bond donors (Lipinski definition) is 1. The lowest BCUT2D eigenvalue weighted by molar-refractivity contribution is -0.872. The fraction of sp³-hybridized carbons (Fsp3) is 0.857. The third-order valence-electron chi connectivity index (χ3n) is 1.40. The maximum atomic E-state index is 11.0. The third-order valence-corrected chi connectivity index (χ3v) is 1.88. The van der Waals surface area contributed by atoms with Gasteiger partial charge in [0, 0.05) is 0 Å². The average molecular weight is 226 g/mol. The number of quaternary nitrogens is 1. The van der Waals surface area contributed by atoms with Crippen LogP contribution in [0.1, 0.15) is 6.92 Å². The summed E-state index contributed by atoms with van der Waals surface area (Å²) in [5.41, 5.74) is 0. The number of nitrogens with zero attached hydrogens (tertiary/aromatic N) is 1. The average Bonchev–Trinajstić information content (AvgIpc) is 1.78. The van der Waals surface area contributed by atoms with Crippen LogP contribution in [0.15, 0.2) is 0 Å². The second-order valence-electron chi connectivity index (χ2n) is 4.10. The van der Waals surface area contributed by atoms with Crippen LogP contribution in [0.3, 0.4) is 0 Å². The Morgan fingerprint density at radius 3 is 2.07 bits per heavy atom. The van der Waals surface area contributed by atoms with Crippen LogP contribution < -0.4 is 0 Å². The summed E-state index contributed by atoms with van der Waals surface area (Å²) in [4.78, 5) is 11.0. The minimum absolute atomic E-state index is 0.176. The monoisotopic (exact) mass is 226 g/mol. The van der Waals surface area contributed by atoms with Crippen molar-refractivity contribution in [2.75, 3.05) is 27.7 Å². The van der Waals surface area contributed by atoms with Gasteiger partial charge in [0.15, 0.2) is 11.9 Å². The van der Waals surface area contributed by atoms with Crippen molar-refractivity contribution in [3.8, 4) is 0 Å². The van der Waals surface area contributed by atoms with Crippen molar-refractivity contribution >= 4 is 16.2 Å². The minimum atomic E-state index is -4.57. The van der Waals surface area contributed by atoms with Crippen LogP contribution in [0.4, 0.5) is 0 Å². The van der Waals surface area contributed by atoms with E-state index in [0.717, 1.165) is 0 Å². The number of carbonyl (C=O) groups is 1. The molecule has 0 heterocycles. The Bertz CT molecular complexity index is 303. The maximum Gasteiger partial charge on any atom is 0.398 e. The lowest BCUT2D eigenvalue weighted by Crippen LogP contribution is -2.45. The number of likely N-dealkylation sites (N-methyl/N-ethyl adjacent to an activating group) is 1. The van der Waals surface area contributed by atoms with Gasteiger partial charge in [-0.25, -0.2) is 4.18 Å². The molecule has 0 aliphatic carbocycles. The molecule has 14 heavy (non-hydrogen) atoms. The summed E-state index contributed by atoms with van der Waals surface area (Å²) in [6.07, 6.45) is -1.13. The lowest BCUT2D eigenvalue weighted by Gasteiger charge is -2.26. The molecule has 0 radical (unpaired) electrons. The van der Waals surface area contributed by atoms with Crippen molar-refractivity contribution in [1.29, 1.82) is 0 Å². The van der Waals surface area contributed by atoms with E-state index in [9.17, 15) is 13.2 Å². The topological polar surface area (TPSA) is 80.7 Å². The maximum absolute atomic E-state index is 11.0. The first-order valence-electron chi connectivity index (χ1n) is 3.98. The normalized spacial score (nSPS) is 15.2. The molecule has 0 aliphatic heterocycles. The Hall–Kier alpha value is -0.500. The van der Waals surface area contributed by atoms with Gasteiger partial charge in [0.2, 0.25) is 0 Å². The van der Waals surface area contributed by atoms with Crippen LogP contribution in [-0.4, -0.2) is 57.0 Å². The van der Waals surface area contributed by atoms with E-state index < -0.39 is 22.3 Å². The van der Waals surface area contributed by atoms with Crippen molar-refractivity contribution in [3.63, 3.8) is 0 Å². The highest BCUT2D eigenvalue weighted by atomic mass is 32.3. The summed E-state index contributed by atoms with van der Waals surface area (Å²) in [5, 5.41) is 0. The summed E-state index contributed by atoms with van der Waals surface area (Å²) in [7, 11) is 0.772. The van der Waals surface area contributed by atoms with Gasteiger partial charge < -0.3 is 4.48 Å². The molecule has 1 atom stereocenters. The van der Waals surface area contributed by atoms with Crippen molar-refractivity contribution < 1.29 is 26.4 Å². The van der Waals surface area contributed by atoms with Gasteiger partial charge >= 0.3 is 10.4 Å². The van der Waals surface area contributed by atoms with E-state index in [0.29, 0.717) is 4.48 Å². The molecular formula is C7H16NO5S+. The summed E-state index contributed by atoms with van der Waals surface area (Å²) < 4.78 is 33.8. The van der Waals surface area contributed by atoms with Crippen LogP contribution in [0.2, 0.25) is 0 Å². The Balaban J connectivity index is 4.56. The van der Waals surface area contributed by atoms with Gasteiger partial charge in [-0.2, -0.15) is 8.42 Å². The molecule has 0 saturated carbocycles. The molecule has 0 rings (SSSR count). The van der Waals surface area contributed by atoms with Crippen molar-refractivity contribution in [2.45, 2.75) is 13.0 Å². The first-order chi connectivity index (χ1) is 6.01. The van der Waals surface area contributed by atoms with Gasteiger partial charge in [-0.05, 0) is 6.92 Å². The van der Waals surface area contributed by atoms with Crippen molar-refractivity contribution in [2.24, 2.45) is 0 Å². The van der Waals surface area contributed by atoms with E-state index in [1.165, 1.54) is 6.92 Å². The van der Waals surface area contributed by atoms with Crippen LogP contribution in [-0.2, 0) is 19.4 Å². The molecule has 0 amide bonds. The lowest BCUT2D eigenvalue weighted by atomic mass is 10.2. The molecule has 6 nitrogen and oxygen atoms in total. The zero-order valence-electron chi connectivity index (χ0n) is 8.72. The Kier molecular flexibility index (Phi) is 4.19. The predicted octanol–water partition coefficient (Wildman–Crippen LogP) is -0.530. The third kappa shape index (κ3) is 6.96. The zero-order chi connectivity index (χ0) is 11.6. The van der Waals surface area contributed by atoms with Gasteiger partial charge in [0.05, 0.1) is 21.1 Å². The highest BCUT2D eigenvalue weighted by molar-refractivity contribution is 7.80. The molecule has 0 aromatic carbocycles. The van der Waals surface area contributed by atoms with E-state index in [1.54, 1.807) is 21.1 Å². The molecule has 0 aromatic rings. The second-order valence-corrected chi connectivity index (χ2v) is 5.14. The number of rotatable bonds is 5. The zero-order valence-corrected chi connectivity index (χ0v) is 9.54. The van der Waals surface area contributed by atoms with Crippen LogP contribution in [0, 0.1) is 0 Å². The van der Waals surface area contributed by atoms with E-state index in [-0.39, 0.29) is 6.54 Å². The molecule has 0 aromatic heterocycles. The molecule has 0 bridgehead atoms. The number of hydrogen-bond acceptors (Lipinski definition) is 4. The molecule has 7 heteroatoms. The van der Waals surface area contributed by atoms with Crippen LogP contribution in [0.25, 0.3) is 0 Å². The van der Waals surface area contributed by atoms with Crippen LogP contribution in [0.5, 0.6) is 0 Å². The Morgan fingerprint density at radius 1 is 1.43 bits per heavy atom. The fourth-order valence-electron chi connectivity index (χ4n) is 0.871. The summed E-state index contributed by atoms with van der Waals surface area (Å²) in [6.45, 7) is 1.39. The molecule has 1 unspecified atom stereocenters. The highest BCUT2D eigenvalue weighted by Gasteiger charge is 2.27. The number of carbonyl (C=O) groups excluding carboxylic acids is 1. The molecule has 0 saturated heterocycles. The summed E-state index contributed by atoms with van der Waals surface area (Å²) in [5.74, 6) is -0.435. The highest BCUT2D eigenvalue weighted by Crippen LogP contribution is 2.04. The number of Topliss-reactive ketones (excluding diaryl/α,β-unsaturated/α-hetero) is 1. The van der Waals surface area contributed by atoms with Crippen LogP contribution >= 0.6 is 0 Å². The van der Waals surface area contributed by atoms with Gasteiger partial charge in [-0.15, -0.1) is 0 Å². The first kappa shape index (κ1) is 13.5. The molecule has 0 aliphatic rings. The first-order valence-corrected chi connectivity index (χ1v) is 5.34. The predicted molar refractivity (Wildman–Crippen MR) is 50.0 cm³/mol. The molecule has 0 fully saturated rings. The quantitative estimate of drug-likeness (QED) is 0.503. The van der Waals surface area contributed by atoms with Gasteiger partial charge in [-0.3, -0.25) is 9.35 Å². The van der Waals surface area contributed by atoms with E-state index in [4.69, 9.17) is 4.55 Å². The van der Waals surface area contributed by atoms with Gasteiger partial charge in [-0.1, -0.05) is 0 Å². The molecule has 0 spiro atoms. The standard InChI is InChI=1S/C7H15NO5S/c1-6(9)7(5-8(2,3)4)13-14(10,11)12/h7H,5H2,1-4H3/p+1. The summed E-state index contributed by atoms with van der Waals surface area (Å²) in [6, 6.07) is 0. The number of ketones is 1. The second kappa shape index (κ2) is 4.35. The van der Waals surface area contributed by atoms with E-state index >= 15 is 0 Å². The molecule has 1 N–H and O–H groups in total. The summed E-state index contributed by atoms with van der Waals surface area (Å²) >= 11 is 0. The van der Waals surface area contributed by atoms with E-state index in [1.807, 2.05) is 0 Å². The largest absolute Gasteiger partial charge is 0.398 e. The SMILES string of the molecule is CC(=O)C(C[N+](C)(C)C)OS(=O)(=O)O. The molecular weight excluding hydrogens is 210 g/mol. The minimum Gasteiger partial charge on any atom is -0.328 e. The fourth-order valence-corrected chi connectivity index (χ4v) is 1.36.